The Labute approximate surface area is 91.6 Å². The molecule has 0 radical (unpaired) electrons. The van der Waals surface area contributed by atoms with Crippen molar-refractivity contribution in [2.24, 2.45) is 0 Å². The average Bonchev–Trinajstić information content (AvgIpc) is 2.66. The van der Waals surface area contributed by atoms with Crippen LogP contribution in [0, 0.1) is 0 Å². The van der Waals surface area contributed by atoms with E-state index in [2.05, 4.69) is 4.98 Å². The monoisotopic (exact) mass is 218 g/mol. The molecule has 16 heavy (non-hydrogen) atoms. The molecule has 1 heterocycles. The van der Waals surface area contributed by atoms with Crippen LogP contribution in [0.2, 0.25) is 0 Å². The van der Waals surface area contributed by atoms with Gasteiger partial charge in [0.15, 0.2) is 0 Å². The summed E-state index contributed by atoms with van der Waals surface area (Å²) in [6.45, 7) is -0.129. The van der Waals surface area contributed by atoms with Crippen LogP contribution in [0.1, 0.15) is 0 Å². The molecule has 0 saturated carbocycles. The van der Waals surface area contributed by atoms with Gasteiger partial charge in [-0.2, -0.15) is 0 Å². The number of imidazole rings is 1. The normalized spacial score (nSPS) is 10.2. The molecule has 5 nitrogen and oxygen atoms in total. The molecule has 0 saturated heterocycles. The molecule has 2 N–H and O–H groups in total. The second kappa shape index (κ2) is 4.06. The first-order valence-electron chi connectivity index (χ1n) is 4.68. The lowest BCUT2D eigenvalue weighted by atomic mass is 10.1. The van der Waals surface area contributed by atoms with Gasteiger partial charge in [-0.05, 0) is 24.3 Å². The summed E-state index contributed by atoms with van der Waals surface area (Å²) in [7, 11) is 0. The highest BCUT2D eigenvalue weighted by molar-refractivity contribution is 5.68. The Morgan fingerprint density at radius 2 is 2.00 bits per heavy atom. The minimum atomic E-state index is -0.918. The molecule has 0 fully saturated rings. The highest BCUT2D eigenvalue weighted by Crippen LogP contribution is 2.21. The first-order chi connectivity index (χ1) is 7.66. The lowest BCUT2D eigenvalue weighted by Crippen LogP contribution is -2.08. The lowest BCUT2D eigenvalue weighted by Gasteiger charge is -2.05. The van der Waals surface area contributed by atoms with E-state index in [4.69, 9.17) is 10.2 Å². The van der Waals surface area contributed by atoms with E-state index < -0.39 is 5.97 Å². The number of carboxylic acid groups (broad SMARTS) is 1. The zero-order valence-electron chi connectivity index (χ0n) is 8.37. The quantitative estimate of drug-likeness (QED) is 0.815. The zero-order chi connectivity index (χ0) is 11.5. The van der Waals surface area contributed by atoms with Gasteiger partial charge >= 0.3 is 5.97 Å². The molecule has 5 heteroatoms. The Morgan fingerprint density at radius 3 is 2.62 bits per heavy atom. The van der Waals surface area contributed by atoms with E-state index in [0.29, 0.717) is 5.69 Å². The zero-order valence-corrected chi connectivity index (χ0v) is 8.37. The van der Waals surface area contributed by atoms with E-state index in [1.54, 1.807) is 30.5 Å². The van der Waals surface area contributed by atoms with Gasteiger partial charge in [-0.1, -0.05) is 0 Å². The number of hydrogen-bond acceptors (Lipinski definition) is 3. The van der Waals surface area contributed by atoms with Gasteiger partial charge < -0.3 is 14.8 Å². The summed E-state index contributed by atoms with van der Waals surface area (Å²) in [6, 6.07) is 6.52. The highest BCUT2D eigenvalue weighted by Gasteiger charge is 2.07. The molecule has 0 aliphatic carbocycles. The average molecular weight is 218 g/mol. The summed E-state index contributed by atoms with van der Waals surface area (Å²) in [6.07, 6.45) is 3.06. The van der Waals surface area contributed by atoms with E-state index in [1.807, 2.05) is 0 Å². The van der Waals surface area contributed by atoms with Gasteiger partial charge in [0, 0.05) is 5.56 Å². The van der Waals surface area contributed by atoms with Crippen molar-refractivity contribution in [1.29, 1.82) is 0 Å². The molecular weight excluding hydrogens is 208 g/mol. The predicted octanol–water partition coefficient (Wildman–Crippen LogP) is 1.34. The Balaban J connectivity index is 2.36. The van der Waals surface area contributed by atoms with Gasteiger partial charge in [0.05, 0.1) is 18.2 Å². The van der Waals surface area contributed by atoms with Crippen LogP contribution in [0.4, 0.5) is 0 Å². The van der Waals surface area contributed by atoms with Crippen molar-refractivity contribution in [3.63, 3.8) is 0 Å². The van der Waals surface area contributed by atoms with Crippen LogP contribution < -0.4 is 0 Å². The maximum atomic E-state index is 10.6. The number of benzene rings is 1. The molecule has 0 bridgehead atoms. The van der Waals surface area contributed by atoms with Crippen molar-refractivity contribution in [3.05, 3.63) is 36.8 Å². The van der Waals surface area contributed by atoms with Crippen LogP contribution in [-0.2, 0) is 11.3 Å². The van der Waals surface area contributed by atoms with E-state index in [1.165, 1.54) is 10.9 Å². The number of aromatic hydroxyl groups is 1. The first-order valence-corrected chi connectivity index (χ1v) is 4.68. The summed E-state index contributed by atoms with van der Waals surface area (Å²) in [5, 5.41) is 17.9. The molecule has 0 aliphatic heterocycles. The number of hydrogen-bond donors (Lipinski definition) is 2. The molecule has 2 aromatic rings. The second-order valence-electron chi connectivity index (χ2n) is 3.35. The summed E-state index contributed by atoms with van der Waals surface area (Å²) < 4.78 is 1.54. The summed E-state index contributed by atoms with van der Waals surface area (Å²) in [5.74, 6) is -0.744. The third kappa shape index (κ3) is 2.03. The molecule has 82 valence electrons. The number of aromatic nitrogens is 2. The fraction of sp³-hybridized carbons (Fsp3) is 0.0909. The number of phenols is 1. The van der Waals surface area contributed by atoms with E-state index >= 15 is 0 Å². The number of phenolic OH excluding ortho intramolecular Hbond substituents is 1. The number of carboxylic acids is 1. The molecule has 0 atom stereocenters. The smallest absolute Gasteiger partial charge is 0.323 e. The molecule has 0 unspecified atom stereocenters. The van der Waals surface area contributed by atoms with Crippen LogP contribution >= 0.6 is 0 Å². The third-order valence-electron chi connectivity index (χ3n) is 2.18. The van der Waals surface area contributed by atoms with Crippen LogP contribution in [0.3, 0.4) is 0 Å². The second-order valence-corrected chi connectivity index (χ2v) is 3.35. The van der Waals surface area contributed by atoms with Gasteiger partial charge in [0.2, 0.25) is 0 Å². The van der Waals surface area contributed by atoms with Crippen molar-refractivity contribution in [3.8, 4) is 17.0 Å². The standard InChI is InChI=1S/C11H10N2O3/c14-9-3-1-8(2-4-9)10-5-12-7-13(10)6-11(15)16/h1-5,7,14H,6H2,(H,15,16). The van der Waals surface area contributed by atoms with Crippen molar-refractivity contribution in [2.75, 3.05) is 0 Å². The van der Waals surface area contributed by atoms with Gasteiger partial charge in [-0.3, -0.25) is 4.79 Å². The fourth-order valence-electron chi connectivity index (χ4n) is 1.47. The largest absolute Gasteiger partial charge is 0.508 e. The summed E-state index contributed by atoms with van der Waals surface area (Å²) >= 11 is 0. The van der Waals surface area contributed by atoms with E-state index in [0.717, 1.165) is 5.56 Å². The van der Waals surface area contributed by atoms with Crippen molar-refractivity contribution >= 4 is 5.97 Å². The molecule has 2 rings (SSSR count). The minimum Gasteiger partial charge on any atom is -0.508 e. The Hall–Kier alpha value is -2.30. The summed E-state index contributed by atoms with van der Waals surface area (Å²) in [5.41, 5.74) is 1.53. The number of rotatable bonds is 3. The van der Waals surface area contributed by atoms with Crippen LogP contribution in [0.5, 0.6) is 5.75 Å². The molecule has 1 aromatic carbocycles. The molecule has 1 aromatic heterocycles. The molecule has 0 spiro atoms. The van der Waals surface area contributed by atoms with E-state index in [-0.39, 0.29) is 12.3 Å². The number of carbonyl (C=O) groups is 1. The Morgan fingerprint density at radius 1 is 1.31 bits per heavy atom. The van der Waals surface area contributed by atoms with Crippen LogP contribution in [-0.4, -0.2) is 25.7 Å². The van der Waals surface area contributed by atoms with Crippen molar-refractivity contribution in [1.82, 2.24) is 9.55 Å². The Kier molecular flexibility index (Phi) is 2.59. The highest BCUT2D eigenvalue weighted by atomic mass is 16.4. The minimum absolute atomic E-state index is 0.129. The van der Waals surface area contributed by atoms with Gasteiger partial charge in [-0.25, -0.2) is 4.98 Å². The molecule has 0 aliphatic rings. The van der Waals surface area contributed by atoms with Gasteiger partial charge in [0.1, 0.15) is 12.3 Å². The van der Waals surface area contributed by atoms with Gasteiger partial charge in [-0.15, -0.1) is 0 Å². The van der Waals surface area contributed by atoms with E-state index in [9.17, 15) is 4.79 Å². The predicted molar refractivity (Wildman–Crippen MR) is 57.0 cm³/mol. The molecule has 0 amide bonds. The van der Waals surface area contributed by atoms with Crippen molar-refractivity contribution in [2.45, 2.75) is 6.54 Å². The topological polar surface area (TPSA) is 75.3 Å². The SMILES string of the molecule is O=C(O)Cn1cncc1-c1ccc(O)cc1. The van der Waals surface area contributed by atoms with Crippen LogP contribution in [0.15, 0.2) is 36.8 Å². The lowest BCUT2D eigenvalue weighted by molar-refractivity contribution is -0.137. The maximum absolute atomic E-state index is 10.6. The first kappa shape index (κ1) is 10.2. The molecular formula is C11H10N2O3. The summed E-state index contributed by atoms with van der Waals surface area (Å²) in [4.78, 5) is 14.5. The maximum Gasteiger partial charge on any atom is 0.323 e. The van der Waals surface area contributed by atoms with Gasteiger partial charge in [0.25, 0.3) is 0 Å². The van der Waals surface area contributed by atoms with Crippen LogP contribution in [0.25, 0.3) is 11.3 Å². The number of nitrogens with zero attached hydrogens (tertiary/aromatic N) is 2. The third-order valence-corrected chi connectivity index (χ3v) is 2.18. The van der Waals surface area contributed by atoms with Crippen molar-refractivity contribution < 1.29 is 15.0 Å². The fourth-order valence-corrected chi connectivity index (χ4v) is 1.47. The Bertz CT molecular complexity index is 502. The number of aliphatic carboxylic acids is 1.